The molecule has 5 heteroatoms. The zero-order valence-electron chi connectivity index (χ0n) is 9.43. The molecule has 2 aromatic rings. The molecule has 2 N–H and O–H groups in total. The van der Waals surface area contributed by atoms with Gasteiger partial charge in [0.15, 0.2) is 0 Å². The number of nitrogens with one attached hydrogen (secondary N) is 1. The van der Waals surface area contributed by atoms with E-state index in [1.807, 2.05) is 0 Å². The standard InChI is InChI=1S/C13H11FN2O2/c14-12-11(2-1-7-15-12)13(18)16-8-9-3-5-10(17)6-4-9/h1-7,17H,8H2,(H,16,18). The highest BCUT2D eigenvalue weighted by Gasteiger charge is 2.11. The number of aromatic hydroxyl groups is 1. The summed E-state index contributed by atoms with van der Waals surface area (Å²) in [7, 11) is 0. The predicted octanol–water partition coefficient (Wildman–Crippen LogP) is 1.86. The maximum Gasteiger partial charge on any atom is 0.256 e. The fourth-order valence-corrected chi connectivity index (χ4v) is 1.45. The van der Waals surface area contributed by atoms with E-state index in [1.54, 1.807) is 12.1 Å². The van der Waals surface area contributed by atoms with E-state index in [1.165, 1.54) is 30.5 Å². The van der Waals surface area contributed by atoms with Crippen LogP contribution in [0.15, 0.2) is 42.6 Å². The Hall–Kier alpha value is -2.43. The minimum Gasteiger partial charge on any atom is -0.508 e. The van der Waals surface area contributed by atoms with Gasteiger partial charge in [0.25, 0.3) is 5.91 Å². The summed E-state index contributed by atoms with van der Waals surface area (Å²) in [5.74, 6) is -1.15. The summed E-state index contributed by atoms with van der Waals surface area (Å²) >= 11 is 0. The molecular weight excluding hydrogens is 235 g/mol. The lowest BCUT2D eigenvalue weighted by Gasteiger charge is -2.05. The molecule has 0 aliphatic carbocycles. The van der Waals surface area contributed by atoms with Gasteiger partial charge in [-0.1, -0.05) is 12.1 Å². The first kappa shape index (κ1) is 12.0. The van der Waals surface area contributed by atoms with E-state index in [9.17, 15) is 9.18 Å². The summed E-state index contributed by atoms with van der Waals surface area (Å²) in [5, 5.41) is 11.7. The van der Waals surface area contributed by atoms with Gasteiger partial charge in [-0.15, -0.1) is 0 Å². The largest absolute Gasteiger partial charge is 0.508 e. The number of nitrogens with zero attached hydrogens (tertiary/aromatic N) is 1. The first-order valence-corrected chi connectivity index (χ1v) is 5.33. The summed E-state index contributed by atoms with van der Waals surface area (Å²) in [4.78, 5) is 15.1. The normalized spacial score (nSPS) is 10.1. The van der Waals surface area contributed by atoms with Crippen molar-refractivity contribution >= 4 is 5.91 Å². The highest BCUT2D eigenvalue weighted by atomic mass is 19.1. The average molecular weight is 246 g/mol. The van der Waals surface area contributed by atoms with Crippen LogP contribution in [0.25, 0.3) is 0 Å². The quantitative estimate of drug-likeness (QED) is 0.812. The Morgan fingerprint density at radius 1 is 1.28 bits per heavy atom. The van der Waals surface area contributed by atoms with Crippen LogP contribution in [0, 0.1) is 5.95 Å². The number of phenols is 1. The first-order valence-electron chi connectivity index (χ1n) is 5.33. The Kier molecular flexibility index (Phi) is 3.52. The number of halogens is 1. The number of pyridine rings is 1. The molecule has 0 aliphatic rings. The maximum absolute atomic E-state index is 13.2. The second-order valence-corrected chi connectivity index (χ2v) is 3.69. The second kappa shape index (κ2) is 5.27. The zero-order chi connectivity index (χ0) is 13.0. The number of hydrogen-bond donors (Lipinski definition) is 2. The lowest BCUT2D eigenvalue weighted by Crippen LogP contribution is -2.24. The lowest BCUT2D eigenvalue weighted by molar-refractivity contribution is 0.0946. The van der Waals surface area contributed by atoms with E-state index >= 15 is 0 Å². The van der Waals surface area contributed by atoms with Crippen molar-refractivity contribution in [3.63, 3.8) is 0 Å². The number of benzene rings is 1. The van der Waals surface area contributed by atoms with Crippen molar-refractivity contribution in [3.8, 4) is 5.75 Å². The highest BCUT2D eigenvalue weighted by Crippen LogP contribution is 2.09. The van der Waals surface area contributed by atoms with Crippen LogP contribution in [0.1, 0.15) is 15.9 Å². The molecule has 4 nitrogen and oxygen atoms in total. The van der Waals surface area contributed by atoms with Gasteiger partial charge >= 0.3 is 0 Å². The molecule has 0 bridgehead atoms. The van der Waals surface area contributed by atoms with Crippen LogP contribution in [-0.4, -0.2) is 16.0 Å². The van der Waals surface area contributed by atoms with Crippen LogP contribution in [0.2, 0.25) is 0 Å². The van der Waals surface area contributed by atoms with E-state index in [0.717, 1.165) is 5.56 Å². The molecule has 0 unspecified atom stereocenters. The summed E-state index contributed by atoms with van der Waals surface area (Å²) < 4.78 is 13.2. The zero-order valence-corrected chi connectivity index (χ0v) is 9.43. The molecule has 0 radical (unpaired) electrons. The summed E-state index contributed by atoms with van der Waals surface area (Å²) in [6.45, 7) is 0.257. The third-order valence-electron chi connectivity index (χ3n) is 2.39. The monoisotopic (exact) mass is 246 g/mol. The van der Waals surface area contributed by atoms with Gasteiger partial charge in [-0.3, -0.25) is 4.79 Å². The van der Waals surface area contributed by atoms with Crippen molar-refractivity contribution in [2.75, 3.05) is 0 Å². The van der Waals surface area contributed by atoms with Crippen LogP contribution in [0.5, 0.6) is 5.75 Å². The molecule has 92 valence electrons. The minimum absolute atomic E-state index is 0.0868. The molecule has 2 rings (SSSR count). The molecule has 18 heavy (non-hydrogen) atoms. The Morgan fingerprint density at radius 3 is 2.67 bits per heavy atom. The van der Waals surface area contributed by atoms with E-state index in [2.05, 4.69) is 10.3 Å². The molecule has 0 saturated carbocycles. The van der Waals surface area contributed by atoms with Gasteiger partial charge in [-0.25, -0.2) is 4.98 Å². The Bertz CT molecular complexity index is 555. The van der Waals surface area contributed by atoms with E-state index < -0.39 is 11.9 Å². The lowest BCUT2D eigenvalue weighted by atomic mass is 10.2. The van der Waals surface area contributed by atoms with Gasteiger partial charge in [0.2, 0.25) is 5.95 Å². The Morgan fingerprint density at radius 2 is 2.00 bits per heavy atom. The van der Waals surface area contributed by atoms with E-state index in [0.29, 0.717) is 0 Å². The molecule has 1 amide bonds. The van der Waals surface area contributed by atoms with Gasteiger partial charge < -0.3 is 10.4 Å². The van der Waals surface area contributed by atoms with Gasteiger partial charge in [-0.05, 0) is 29.8 Å². The number of hydrogen-bond acceptors (Lipinski definition) is 3. The summed E-state index contributed by atoms with van der Waals surface area (Å²) in [5.41, 5.74) is 0.724. The van der Waals surface area contributed by atoms with Crippen molar-refractivity contribution in [2.24, 2.45) is 0 Å². The average Bonchev–Trinajstić information content (AvgIpc) is 2.38. The van der Waals surface area contributed by atoms with Gasteiger partial charge in [-0.2, -0.15) is 4.39 Å². The second-order valence-electron chi connectivity index (χ2n) is 3.69. The van der Waals surface area contributed by atoms with Crippen molar-refractivity contribution in [2.45, 2.75) is 6.54 Å². The number of carbonyl (C=O) groups is 1. The number of rotatable bonds is 3. The number of aromatic nitrogens is 1. The van der Waals surface area contributed by atoms with Crippen LogP contribution >= 0.6 is 0 Å². The van der Waals surface area contributed by atoms with Crippen LogP contribution in [0.3, 0.4) is 0 Å². The predicted molar refractivity (Wildman–Crippen MR) is 63.5 cm³/mol. The van der Waals surface area contributed by atoms with Crippen molar-refractivity contribution in [1.82, 2.24) is 10.3 Å². The van der Waals surface area contributed by atoms with E-state index in [-0.39, 0.29) is 17.9 Å². The van der Waals surface area contributed by atoms with E-state index in [4.69, 9.17) is 5.11 Å². The smallest absolute Gasteiger partial charge is 0.256 e. The third kappa shape index (κ3) is 2.82. The Labute approximate surface area is 103 Å². The topological polar surface area (TPSA) is 62.2 Å². The molecule has 0 atom stereocenters. The minimum atomic E-state index is -0.791. The number of carbonyl (C=O) groups excluding carboxylic acids is 1. The Balaban J connectivity index is 2.01. The molecule has 0 spiro atoms. The van der Waals surface area contributed by atoms with Crippen molar-refractivity contribution in [1.29, 1.82) is 0 Å². The highest BCUT2D eigenvalue weighted by molar-refractivity contribution is 5.94. The van der Waals surface area contributed by atoms with Crippen LogP contribution in [0.4, 0.5) is 4.39 Å². The summed E-state index contributed by atoms with van der Waals surface area (Å²) in [6.07, 6.45) is 1.28. The first-order chi connectivity index (χ1) is 8.66. The van der Waals surface area contributed by atoms with Crippen molar-refractivity contribution < 1.29 is 14.3 Å². The van der Waals surface area contributed by atoms with Gasteiger partial charge in [0.05, 0.1) is 5.56 Å². The van der Waals surface area contributed by atoms with Crippen molar-refractivity contribution in [3.05, 3.63) is 59.7 Å². The molecule has 0 fully saturated rings. The van der Waals surface area contributed by atoms with Crippen LogP contribution in [-0.2, 0) is 6.54 Å². The summed E-state index contributed by atoms with van der Waals surface area (Å²) in [6, 6.07) is 9.26. The third-order valence-corrected chi connectivity index (χ3v) is 2.39. The van der Waals surface area contributed by atoms with Gasteiger partial charge in [0.1, 0.15) is 5.75 Å². The van der Waals surface area contributed by atoms with Gasteiger partial charge in [0, 0.05) is 12.7 Å². The van der Waals surface area contributed by atoms with Crippen LogP contribution < -0.4 is 5.32 Å². The molecular formula is C13H11FN2O2. The molecule has 1 aromatic heterocycles. The molecule has 1 aromatic carbocycles. The molecule has 0 saturated heterocycles. The molecule has 1 heterocycles. The fraction of sp³-hybridized carbons (Fsp3) is 0.0769. The number of phenolic OH excluding ortho intramolecular Hbond substituents is 1. The molecule has 0 aliphatic heterocycles. The number of amides is 1. The SMILES string of the molecule is O=C(NCc1ccc(O)cc1)c1cccnc1F. The maximum atomic E-state index is 13.2. The fourth-order valence-electron chi connectivity index (χ4n) is 1.45.